The first-order valence-corrected chi connectivity index (χ1v) is 7.78. The van der Waals surface area contributed by atoms with Crippen LogP contribution in [0.4, 0.5) is 0 Å². The summed E-state index contributed by atoms with van der Waals surface area (Å²) in [5.41, 5.74) is 0.618. The van der Waals surface area contributed by atoms with Crippen molar-refractivity contribution in [2.45, 2.75) is 39.7 Å². The van der Waals surface area contributed by atoms with Crippen LogP contribution in [0, 0.1) is 0 Å². The molecule has 1 aromatic heterocycles. The van der Waals surface area contributed by atoms with E-state index in [1.54, 1.807) is 6.07 Å². The molecule has 0 aliphatic rings. The highest BCUT2D eigenvalue weighted by atomic mass is 79.9. The zero-order valence-electron chi connectivity index (χ0n) is 12.0. The maximum Gasteiger partial charge on any atom is 0.267 e. The molecular weight excluding hydrogens is 322 g/mol. The van der Waals surface area contributed by atoms with Gasteiger partial charge in [-0.05, 0) is 34.8 Å². The molecule has 20 heavy (non-hydrogen) atoms. The van der Waals surface area contributed by atoms with Gasteiger partial charge in [0.25, 0.3) is 5.91 Å². The Bertz CT molecular complexity index is 457. The van der Waals surface area contributed by atoms with Crippen molar-refractivity contribution in [2.75, 3.05) is 13.1 Å². The van der Waals surface area contributed by atoms with Gasteiger partial charge in [-0.25, -0.2) is 0 Å². The van der Waals surface area contributed by atoms with Crippen LogP contribution in [0.1, 0.15) is 43.6 Å². The summed E-state index contributed by atoms with van der Waals surface area (Å²) in [6, 6.07) is 1.79. The van der Waals surface area contributed by atoms with Crippen LogP contribution in [0.2, 0.25) is 0 Å². The average Bonchev–Trinajstić information content (AvgIpc) is 2.78. The molecule has 2 amide bonds. The summed E-state index contributed by atoms with van der Waals surface area (Å²) in [5.74, 6) is -0.176. The van der Waals surface area contributed by atoms with Gasteiger partial charge in [0.05, 0.1) is 0 Å². The van der Waals surface area contributed by atoms with E-state index in [0.717, 1.165) is 23.9 Å². The molecule has 1 heterocycles. The second-order valence-corrected chi connectivity index (χ2v) is 5.51. The van der Waals surface area contributed by atoms with Crippen LogP contribution in [0.25, 0.3) is 0 Å². The molecule has 112 valence electrons. The third-order valence-corrected chi connectivity index (χ3v) is 3.20. The zero-order valence-corrected chi connectivity index (χ0v) is 13.6. The SMILES string of the molecule is CCCNC(=O)CCNC(=O)c1cc(Br)cn1CCC. The molecule has 0 aliphatic heterocycles. The molecule has 0 fully saturated rings. The van der Waals surface area contributed by atoms with Crippen LogP contribution < -0.4 is 10.6 Å². The molecule has 0 saturated carbocycles. The largest absolute Gasteiger partial charge is 0.356 e. The van der Waals surface area contributed by atoms with Crippen LogP contribution >= 0.6 is 15.9 Å². The predicted octanol–water partition coefficient (Wildman–Crippen LogP) is 2.31. The van der Waals surface area contributed by atoms with Gasteiger partial charge in [0.2, 0.25) is 5.91 Å². The van der Waals surface area contributed by atoms with Crippen LogP contribution in [-0.4, -0.2) is 29.5 Å². The number of nitrogens with zero attached hydrogens (tertiary/aromatic N) is 1. The van der Waals surface area contributed by atoms with Gasteiger partial charge in [0.15, 0.2) is 0 Å². The van der Waals surface area contributed by atoms with Gasteiger partial charge in [-0.3, -0.25) is 9.59 Å². The number of rotatable bonds is 8. The van der Waals surface area contributed by atoms with E-state index in [9.17, 15) is 9.59 Å². The molecule has 5 nitrogen and oxygen atoms in total. The van der Waals surface area contributed by atoms with E-state index in [4.69, 9.17) is 0 Å². The Morgan fingerprint density at radius 1 is 1.20 bits per heavy atom. The minimum Gasteiger partial charge on any atom is -0.356 e. The molecule has 0 spiro atoms. The smallest absolute Gasteiger partial charge is 0.267 e. The Morgan fingerprint density at radius 3 is 2.60 bits per heavy atom. The number of amides is 2. The van der Waals surface area contributed by atoms with E-state index in [0.29, 0.717) is 25.2 Å². The average molecular weight is 344 g/mol. The number of aromatic nitrogens is 1. The van der Waals surface area contributed by atoms with E-state index in [-0.39, 0.29) is 11.8 Å². The summed E-state index contributed by atoms with van der Waals surface area (Å²) in [7, 11) is 0. The molecule has 0 unspecified atom stereocenters. The fraction of sp³-hybridized carbons (Fsp3) is 0.571. The van der Waals surface area contributed by atoms with E-state index < -0.39 is 0 Å². The summed E-state index contributed by atoms with van der Waals surface area (Å²) in [4.78, 5) is 23.5. The Labute approximate surface area is 128 Å². The molecular formula is C14H22BrN3O2. The van der Waals surface area contributed by atoms with Gasteiger partial charge in [0.1, 0.15) is 5.69 Å². The number of halogens is 1. The van der Waals surface area contributed by atoms with Gasteiger partial charge in [0, 0.05) is 36.7 Å². The molecule has 0 atom stereocenters. The Balaban J connectivity index is 2.44. The van der Waals surface area contributed by atoms with Crippen molar-refractivity contribution in [1.29, 1.82) is 0 Å². The quantitative estimate of drug-likeness (QED) is 0.760. The van der Waals surface area contributed by atoms with Gasteiger partial charge in [-0.1, -0.05) is 13.8 Å². The molecule has 0 bridgehead atoms. The van der Waals surface area contributed by atoms with Crippen LogP contribution in [0.3, 0.4) is 0 Å². The van der Waals surface area contributed by atoms with E-state index >= 15 is 0 Å². The zero-order chi connectivity index (χ0) is 15.0. The highest BCUT2D eigenvalue weighted by molar-refractivity contribution is 9.10. The highest BCUT2D eigenvalue weighted by Crippen LogP contribution is 2.15. The maximum absolute atomic E-state index is 12.1. The summed E-state index contributed by atoms with van der Waals surface area (Å²) >= 11 is 3.38. The number of hydrogen-bond donors (Lipinski definition) is 2. The van der Waals surface area contributed by atoms with Crippen molar-refractivity contribution < 1.29 is 9.59 Å². The first-order valence-electron chi connectivity index (χ1n) is 6.99. The van der Waals surface area contributed by atoms with E-state index in [1.807, 2.05) is 17.7 Å². The molecule has 6 heteroatoms. The lowest BCUT2D eigenvalue weighted by atomic mass is 10.3. The number of aryl methyl sites for hydroxylation is 1. The molecule has 0 aromatic carbocycles. The lowest BCUT2D eigenvalue weighted by Gasteiger charge is -2.08. The Morgan fingerprint density at radius 2 is 1.95 bits per heavy atom. The topological polar surface area (TPSA) is 63.1 Å². The van der Waals surface area contributed by atoms with Crippen molar-refractivity contribution in [3.63, 3.8) is 0 Å². The van der Waals surface area contributed by atoms with Crippen molar-refractivity contribution in [2.24, 2.45) is 0 Å². The second kappa shape index (κ2) is 8.79. The van der Waals surface area contributed by atoms with Crippen LogP contribution in [-0.2, 0) is 11.3 Å². The van der Waals surface area contributed by atoms with Crippen molar-refractivity contribution >= 4 is 27.7 Å². The number of nitrogens with one attached hydrogen (secondary N) is 2. The summed E-state index contributed by atoms with van der Waals surface area (Å²) in [5, 5.41) is 5.56. The summed E-state index contributed by atoms with van der Waals surface area (Å²) < 4.78 is 2.80. The van der Waals surface area contributed by atoms with Gasteiger partial charge in [-0.15, -0.1) is 0 Å². The van der Waals surface area contributed by atoms with Crippen LogP contribution in [0.15, 0.2) is 16.7 Å². The molecule has 1 rings (SSSR count). The second-order valence-electron chi connectivity index (χ2n) is 4.59. The van der Waals surface area contributed by atoms with Gasteiger partial charge < -0.3 is 15.2 Å². The van der Waals surface area contributed by atoms with Gasteiger partial charge >= 0.3 is 0 Å². The van der Waals surface area contributed by atoms with Crippen molar-refractivity contribution in [1.82, 2.24) is 15.2 Å². The Kier molecular flexibility index (Phi) is 7.36. The third-order valence-electron chi connectivity index (χ3n) is 2.77. The predicted molar refractivity (Wildman–Crippen MR) is 82.7 cm³/mol. The Hall–Kier alpha value is -1.30. The third kappa shape index (κ3) is 5.36. The standard InChI is InChI=1S/C14H22BrN3O2/c1-3-6-16-13(19)5-7-17-14(20)12-9-11(15)10-18(12)8-4-2/h9-10H,3-8H2,1-2H3,(H,16,19)(H,17,20). The summed E-state index contributed by atoms with van der Waals surface area (Å²) in [6.45, 7) is 5.89. The summed E-state index contributed by atoms with van der Waals surface area (Å²) in [6.07, 6.45) is 4.07. The normalized spacial score (nSPS) is 10.3. The molecule has 0 aliphatic carbocycles. The minimum atomic E-state index is -0.146. The van der Waals surface area contributed by atoms with E-state index in [2.05, 4.69) is 33.5 Å². The molecule has 1 aromatic rings. The fourth-order valence-corrected chi connectivity index (χ4v) is 2.29. The molecule has 0 radical (unpaired) electrons. The molecule has 0 saturated heterocycles. The number of carbonyl (C=O) groups is 2. The first-order chi connectivity index (χ1) is 9.58. The lowest BCUT2D eigenvalue weighted by Crippen LogP contribution is -2.31. The number of carbonyl (C=O) groups excluding carboxylic acids is 2. The van der Waals surface area contributed by atoms with Crippen molar-refractivity contribution in [3.05, 3.63) is 22.4 Å². The fourth-order valence-electron chi connectivity index (χ4n) is 1.82. The van der Waals surface area contributed by atoms with Crippen LogP contribution in [0.5, 0.6) is 0 Å². The van der Waals surface area contributed by atoms with E-state index in [1.165, 1.54) is 0 Å². The lowest BCUT2D eigenvalue weighted by molar-refractivity contribution is -0.120. The molecule has 2 N–H and O–H groups in total. The first kappa shape index (κ1) is 16.8. The maximum atomic E-state index is 12.1. The van der Waals surface area contributed by atoms with Gasteiger partial charge in [-0.2, -0.15) is 0 Å². The minimum absolute atomic E-state index is 0.0303. The van der Waals surface area contributed by atoms with Crippen molar-refractivity contribution in [3.8, 4) is 0 Å². The highest BCUT2D eigenvalue weighted by Gasteiger charge is 2.12. The number of hydrogen-bond acceptors (Lipinski definition) is 2. The monoisotopic (exact) mass is 343 g/mol.